The predicted octanol–water partition coefficient (Wildman–Crippen LogP) is 4.81. The van der Waals surface area contributed by atoms with Crippen molar-refractivity contribution in [3.63, 3.8) is 0 Å². The highest BCUT2D eigenvalue weighted by atomic mass is 35.5. The van der Waals surface area contributed by atoms with Gasteiger partial charge in [0.25, 0.3) is 0 Å². The van der Waals surface area contributed by atoms with Gasteiger partial charge in [-0.15, -0.1) is 5.10 Å². The molecule has 0 atom stereocenters. The fourth-order valence-electron chi connectivity index (χ4n) is 2.28. The van der Waals surface area contributed by atoms with Gasteiger partial charge in [0.2, 0.25) is 5.16 Å². The molecule has 2 N–H and O–H groups in total. The second kappa shape index (κ2) is 7.80. The summed E-state index contributed by atoms with van der Waals surface area (Å²) in [6.07, 6.45) is 2.15. The zero-order valence-corrected chi connectivity index (χ0v) is 15.7. The number of benzene rings is 1. The molecule has 0 aliphatic rings. The average Bonchev–Trinajstić information content (AvgIpc) is 3.25. The molecule has 0 amide bonds. The predicted molar refractivity (Wildman–Crippen MR) is 101 cm³/mol. The summed E-state index contributed by atoms with van der Waals surface area (Å²) in [7, 11) is 0. The third-order valence-electron chi connectivity index (χ3n) is 3.62. The van der Waals surface area contributed by atoms with Gasteiger partial charge in [0, 0.05) is 23.1 Å². The van der Waals surface area contributed by atoms with Gasteiger partial charge in [-0.25, -0.2) is 9.78 Å². The number of aromatic nitrogens is 3. The second-order valence-corrected chi connectivity index (χ2v) is 6.94. The van der Waals surface area contributed by atoms with Crippen molar-refractivity contribution in [2.24, 2.45) is 0 Å². The molecule has 0 aliphatic heterocycles. The van der Waals surface area contributed by atoms with Crippen LogP contribution in [0.4, 0.5) is 0 Å². The van der Waals surface area contributed by atoms with Crippen molar-refractivity contribution >= 4 is 35.4 Å². The largest absolute Gasteiger partial charge is 0.477 e. The molecule has 0 saturated heterocycles. The van der Waals surface area contributed by atoms with Crippen LogP contribution in [-0.4, -0.2) is 26.3 Å². The van der Waals surface area contributed by atoms with Crippen LogP contribution in [0.1, 0.15) is 24.1 Å². The Labute approximate surface area is 159 Å². The number of thioether (sulfide) groups is 1. The number of nitrogens with zero attached hydrogens (tertiary/aromatic N) is 2. The number of H-pyrrole nitrogens is 1. The van der Waals surface area contributed by atoms with Gasteiger partial charge in [0.05, 0.1) is 0 Å². The van der Waals surface area contributed by atoms with Crippen LogP contribution in [-0.2, 0) is 11.2 Å². The zero-order chi connectivity index (χ0) is 18.7. The molecule has 2 aromatic heterocycles. The van der Waals surface area contributed by atoms with E-state index in [1.54, 1.807) is 12.1 Å². The van der Waals surface area contributed by atoms with E-state index < -0.39 is 5.97 Å². The van der Waals surface area contributed by atoms with Crippen molar-refractivity contribution in [3.8, 4) is 11.3 Å². The lowest BCUT2D eigenvalue weighted by molar-refractivity contribution is -0.131. The monoisotopic (exact) mass is 389 g/mol. The maximum atomic E-state index is 11.5. The first-order valence-electron chi connectivity index (χ1n) is 7.86. The van der Waals surface area contributed by atoms with E-state index in [1.807, 2.05) is 32.0 Å². The van der Waals surface area contributed by atoms with E-state index >= 15 is 0 Å². The fraction of sp³-hybridized carbons (Fsp3) is 0.167. The van der Waals surface area contributed by atoms with Crippen LogP contribution < -0.4 is 0 Å². The summed E-state index contributed by atoms with van der Waals surface area (Å²) in [4.78, 5) is 15.8. The van der Waals surface area contributed by atoms with E-state index in [1.165, 1.54) is 6.08 Å². The van der Waals surface area contributed by atoms with Crippen LogP contribution >= 0.6 is 23.4 Å². The molecule has 6 nitrogen and oxygen atoms in total. The molecule has 8 heteroatoms. The minimum atomic E-state index is -1.07. The van der Waals surface area contributed by atoms with E-state index in [2.05, 4.69) is 15.2 Å². The number of carbonyl (C=O) groups is 1. The van der Waals surface area contributed by atoms with E-state index in [0.717, 1.165) is 22.9 Å². The van der Waals surface area contributed by atoms with E-state index in [9.17, 15) is 9.90 Å². The number of hydrogen-bond donors (Lipinski definition) is 2. The molecular formula is C18H16ClN3O3S. The number of halogens is 1. The summed E-state index contributed by atoms with van der Waals surface area (Å²) >= 11 is 7.02. The first-order valence-corrected chi connectivity index (χ1v) is 9.06. The molecule has 3 aromatic rings. The van der Waals surface area contributed by atoms with Gasteiger partial charge in [-0.3, -0.25) is 5.10 Å². The van der Waals surface area contributed by atoms with Gasteiger partial charge in [0.1, 0.15) is 22.3 Å². The molecule has 0 bridgehead atoms. The third-order valence-corrected chi connectivity index (χ3v) is 4.74. The highest BCUT2D eigenvalue weighted by Crippen LogP contribution is 2.31. The quantitative estimate of drug-likeness (QED) is 0.464. The highest BCUT2D eigenvalue weighted by molar-refractivity contribution is 8.04. The standard InChI is InChI=1S/C18H16ClN3O3S/c1-3-16-20-18(22-21-16)26-15(17(23)24)9-12-6-7-14(25-12)13-8-11(19)5-4-10(13)2/h4-9H,3H2,1-2H3,(H,23,24)(H,20,21,22)/b15-9-. The van der Waals surface area contributed by atoms with Crippen molar-refractivity contribution in [1.82, 2.24) is 15.2 Å². The van der Waals surface area contributed by atoms with Gasteiger partial charge in [0.15, 0.2) is 0 Å². The molecule has 0 spiro atoms. The highest BCUT2D eigenvalue weighted by Gasteiger charge is 2.15. The summed E-state index contributed by atoms with van der Waals surface area (Å²) < 4.78 is 5.79. The van der Waals surface area contributed by atoms with Crippen molar-refractivity contribution in [2.75, 3.05) is 0 Å². The van der Waals surface area contributed by atoms with Crippen molar-refractivity contribution < 1.29 is 14.3 Å². The Morgan fingerprint density at radius 2 is 2.19 bits per heavy atom. The van der Waals surface area contributed by atoms with Crippen LogP contribution in [0.15, 0.2) is 44.8 Å². The first kappa shape index (κ1) is 18.3. The molecule has 0 fully saturated rings. The van der Waals surface area contributed by atoms with Crippen LogP contribution in [0.2, 0.25) is 5.02 Å². The van der Waals surface area contributed by atoms with Crippen molar-refractivity contribution in [1.29, 1.82) is 0 Å². The maximum Gasteiger partial charge on any atom is 0.342 e. The van der Waals surface area contributed by atoms with Gasteiger partial charge in [-0.2, -0.15) is 0 Å². The minimum Gasteiger partial charge on any atom is -0.477 e. The van der Waals surface area contributed by atoms with Crippen LogP contribution in [0, 0.1) is 6.92 Å². The zero-order valence-electron chi connectivity index (χ0n) is 14.1. The number of aliphatic carboxylic acids is 1. The third kappa shape index (κ3) is 4.17. The van der Waals surface area contributed by atoms with Crippen LogP contribution in [0.3, 0.4) is 0 Å². The summed E-state index contributed by atoms with van der Waals surface area (Å²) in [6.45, 7) is 3.89. The van der Waals surface area contributed by atoms with Gasteiger partial charge in [-0.05, 0) is 48.5 Å². The van der Waals surface area contributed by atoms with Crippen molar-refractivity contribution in [3.05, 3.63) is 57.4 Å². The number of carboxylic acid groups (broad SMARTS) is 1. The topological polar surface area (TPSA) is 92.0 Å². The van der Waals surface area contributed by atoms with E-state index in [4.69, 9.17) is 16.0 Å². The minimum absolute atomic E-state index is 0.0652. The second-order valence-electron chi connectivity index (χ2n) is 5.50. The number of nitrogens with one attached hydrogen (secondary N) is 1. The van der Waals surface area contributed by atoms with Gasteiger partial charge >= 0.3 is 5.97 Å². The molecule has 0 radical (unpaired) electrons. The Kier molecular flexibility index (Phi) is 5.49. The Balaban J connectivity index is 1.88. The summed E-state index contributed by atoms with van der Waals surface area (Å²) in [5.41, 5.74) is 1.88. The molecule has 1 aromatic carbocycles. The maximum absolute atomic E-state index is 11.5. The Hall–Kier alpha value is -2.51. The lowest BCUT2D eigenvalue weighted by atomic mass is 10.1. The Bertz CT molecular complexity index is 978. The van der Waals surface area contributed by atoms with Crippen LogP contribution in [0.5, 0.6) is 0 Å². The first-order chi connectivity index (χ1) is 12.5. The SMILES string of the molecule is CCc1nc(S/C(=C\c2ccc(-c3cc(Cl)ccc3C)o2)C(=O)O)n[nH]1. The van der Waals surface area contributed by atoms with E-state index in [0.29, 0.717) is 33.9 Å². The van der Waals surface area contributed by atoms with Crippen LogP contribution in [0.25, 0.3) is 17.4 Å². The lowest BCUT2D eigenvalue weighted by Crippen LogP contribution is -1.97. The molecule has 0 aliphatic carbocycles. The number of hydrogen-bond acceptors (Lipinski definition) is 5. The number of rotatable bonds is 6. The molecule has 0 unspecified atom stereocenters. The van der Waals surface area contributed by atoms with Gasteiger partial charge in [-0.1, -0.05) is 24.6 Å². The molecule has 0 saturated carbocycles. The normalized spacial score (nSPS) is 11.7. The van der Waals surface area contributed by atoms with Crippen molar-refractivity contribution in [2.45, 2.75) is 25.4 Å². The smallest absolute Gasteiger partial charge is 0.342 e. The number of aromatic amines is 1. The molecular weight excluding hydrogens is 374 g/mol. The number of furan rings is 1. The lowest BCUT2D eigenvalue weighted by Gasteiger charge is -2.03. The Morgan fingerprint density at radius 3 is 2.88 bits per heavy atom. The molecule has 134 valence electrons. The summed E-state index contributed by atoms with van der Waals surface area (Å²) in [6, 6.07) is 9.04. The van der Waals surface area contributed by atoms with Gasteiger partial charge < -0.3 is 9.52 Å². The summed E-state index contributed by atoms with van der Waals surface area (Å²) in [5.74, 6) is 0.677. The number of carboxylic acids is 1. The molecule has 2 heterocycles. The molecule has 26 heavy (non-hydrogen) atoms. The Morgan fingerprint density at radius 1 is 1.38 bits per heavy atom. The molecule has 3 rings (SSSR count). The average molecular weight is 390 g/mol. The summed E-state index contributed by atoms with van der Waals surface area (Å²) in [5, 5.41) is 17.2. The number of aryl methyl sites for hydroxylation is 2. The van der Waals surface area contributed by atoms with E-state index in [-0.39, 0.29) is 4.91 Å². The fourth-order valence-corrected chi connectivity index (χ4v) is 3.16.